The fourth-order valence-electron chi connectivity index (χ4n) is 2.58. The van der Waals surface area contributed by atoms with Crippen molar-refractivity contribution in [1.29, 1.82) is 0 Å². The zero-order chi connectivity index (χ0) is 18.7. The molecule has 0 amide bonds. The van der Waals surface area contributed by atoms with E-state index in [1.807, 2.05) is 25.7 Å². The zero-order valence-electron chi connectivity index (χ0n) is 14.8. The molecule has 1 aromatic carbocycles. The van der Waals surface area contributed by atoms with E-state index < -0.39 is 11.7 Å². The Labute approximate surface area is 146 Å². The van der Waals surface area contributed by atoms with Crippen molar-refractivity contribution in [3.63, 3.8) is 0 Å². The molecule has 0 aromatic heterocycles. The number of ether oxygens (including phenoxy) is 1. The zero-order valence-corrected chi connectivity index (χ0v) is 14.8. The predicted molar refractivity (Wildman–Crippen MR) is 92.7 cm³/mol. The van der Waals surface area contributed by atoms with E-state index in [-0.39, 0.29) is 23.6 Å². The van der Waals surface area contributed by atoms with Crippen molar-refractivity contribution in [3.05, 3.63) is 29.3 Å². The molecular weight excluding hydrogens is 333 g/mol. The van der Waals surface area contributed by atoms with Gasteiger partial charge >= 0.3 is 6.18 Å². The van der Waals surface area contributed by atoms with E-state index in [1.54, 1.807) is 6.07 Å². The van der Waals surface area contributed by atoms with Crippen LogP contribution in [0, 0.1) is 0 Å². The first-order valence-electron chi connectivity index (χ1n) is 8.17. The largest absolute Gasteiger partial charge is 0.416 e. The Morgan fingerprint density at radius 2 is 1.88 bits per heavy atom. The smallest absolute Gasteiger partial charge is 0.378 e. The van der Waals surface area contributed by atoms with E-state index in [2.05, 4.69) is 10.3 Å². The molecule has 140 valence electrons. The lowest BCUT2D eigenvalue weighted by Gasteiger charge is -2.29. The summed E-state index contributed by atoms with van der Waals surface area (Å²) < 4.78 is 45.6. The van der Waals surface area contributed by atoms with Crippen molar-refractivity contribution in [3.8, 4) is 0 Å². The van der Waals surface area contributed by atoms with Crippen LogP contribution in [0.25, 0.3) is 0 Å². The van der Waals surface area contributed by atoms with Crippen LogP contribution in [-0.2, 0) is 17.5 Å². The molecule has 0 aliphatic carbocycles. The third kappa shape index (κ3) is 5.81. The Hall–Kier alpha value is -1.96. The maximum atomic E-state index is 13.5. The van der Waals surface area contributed by atoms with E-state index in [0.29, 0.717) is 32.0 Å². The second-order valence-electron chi connectivity index (χ2n) is 7.02. The van der Waals surface area contributed by atoms with Crippen LogP contribution >= 0.6 is 0 Å². The van der Waals surface area contributed by atoms with Gasteiger partial charge < -0.3 is 20.7 Å². The lowest BCUT2D eigenvalue weighted by Crippen LogP contribution is -2.45. The van der Waals surface area contributed by atoms with Gasteiger partial charge in [0.1, 0.15) is 0 Å². The number of nitrogens with two attached hydrogens (primary N) is 1. The van der Waals surface area contributed by atoms with Gasteiger partial charge in [0.05, 0.1) is 25.3 Å². The summed E-state index contributed by atoms with van der Waals surface area (Å²) in [5.41, 5.74) is 5.41. The SMILES string of the molecule is CC(C)(C)NC(N)=NCc1ccc(N2CCOCC2)cc1C(F)(F)F. The Kier molecular flexibility index (Phi) is 5.82. The van der Waals surface area contributed by atoms with E-state index in [1.165, 1.54) is 12.1 Å². The molecule has 3 N–H and O–H groups in total. The number of anilines is 1. The Morgan fingerprint density at radius 3 is 2.44 bits per heavy atom. The topological polar surface area (TPSA) is 62.9 Å². The molecule has 1 saturated heterocycles. The van der Waals surface area contributed by atoms with Gasteiger partial charge in [-0.15, -0.1) is 0 Å². The minimum atomic E-state index is -4.45. The van der Waals surface area contributed by atoms with Gasteiger partial charge in [0, 0.05) is 24.3 Å². The number of benzene rings is 1. The minimum Gasteiger partial charge on any atom is -0.378 e. The number of morpholine rings is 1. The van der Waals surface area contributed by atoms with Crippen LogP contribution in [0.2, 0.25) is 0 Å². The Morgan fingerprint density at radius 1 is 1.24 bits per heavy atom. The molecule has 1 heterocycles. The predicted octanol–water partition coefficient (Wildman–Crippen LogP) is 2.74. The fourth-order valence-corrected chi connectivity index (χ4v) is 2.58. The van der Waals surface area contributed by atoms with Gasteiger partial charge in [0.2, 0.25) is 0 Å². The first kappa shape index (κ1) is 19.4. The molecule has 1 fully saturated rings. The first-order chi connectivity index (χ1) is 11.6. The molecule has 0 bridgehead atoms. The molecule has 1 aromatic rings. The number of aliphatic imine (C=N–C) groups is 1. The van der Waals surface area contributed by atoms with Crippen molar-refractivity contribution in [2.24, 2.45) is 10.7 Å². The maximum absolute atomic E-state index is 13.5. The molecule has 5 nitrogen and oxygen atoms in total. The van der Waals surface area contributed by atoms with Gasteiger partial charge in [-0.05, 0) is 38.5 Å². The van der Waals surface area contributed by atoms with E-state index in [9.17, 15) is 13.2 Å². The standard InChI is InChI=1S/C17H25F3N4O/c1-16(2,3)23-15(21)22-11-12-4-5-13(10-14(12)17(18,19)20)24-6-8-25-9-7-24/h4-5,10H,6-9,11H2,1-3H3,(H3,21,22,23). The summed E-state index contributed by atoms with van der Waals surface area (Å²) in [5, 5.41) is 2.94. The maximum Gasteiger partial charge on any atom is 0.416 e. The van der Waals surface area contributed by atoms with Crippen LogP contribution in [0.4, 0.5) is 18.9 Å². The van der Waals surface area contributed by atoms with Crippen molar-refractivity contribution in [2.45, 2.75) is 39.0 Å². The number of nitrogens with one attached hydrogen (secondary N) is 1. The van der Waals surface area contributed by atoms with Crippen molar-refractivity contribution < 1.29 is 17.9 Å². The average molecular weight is 358 g/mol. The molecule has 25 heavy (non-hydrogen) atoms. The normalized spacial score (nSPS) is 16.9. The fraction of sp³-hybridized carbons (Fsp3) is 0.588. The third-order valence-electron chi connectivity index (χ3n) is 3.70. The second-order valence-corrected chi connectivity index (χ2v) is 7.02. The lowest BCUT2D eigenvalue weighted by molar-refractivity contribution is -0.138. The summed E-state index contributed by atoms with van der Waals surface area (Å²) in [7, 11) is 0. The molecular formula is C17H25F3N4O. The van der Waals surface area contributed by atoms with Crippen LogP contribution in [0.1, 0.15) is 31.9 Å². The van der Waals surface area contributed by atoms with Crippen molar-refractivity contribution >= 4 is 11.6 Å². The Balaban J connectivity index is 2.24. The highest BCUT2D eigenvalue weighted by atomic mass is 19.4. The van der Waals surface area contributed by atoms with Gasteiger partial charge in [0.15, 0.2) is 5.96 Å². The number of hydrogen-bond acceptors (Lipinski definition) is 3. The van der Waals surface area contributed by atoms with Gasteiger partial charge in [0.25, 0.3) is 0 Å². The van der Waals surface area contributed by atoms with Crippen LogP contribution < -0.4 is 16.0 Å². The molecule has 8 heteroatoms. The molecule has 0 unspecified atom stereocenters. The number of hydrogen-bond donors (Lipinski definition) is 2. The van der Waals surface area contributed by atoms with E-state index >= 15 is 0 Å². The quantitative estimate of drug-likeness (QED) is 0.644. The summed E-state index contributed by atoms with van der Waals surface area (Å²) in [6.45, 7) is 7.75. The number of alkyl halides is 3. The van der Waals surface area contributed by atoms with Crippen molar-refractivity contribution in [2.75, 3.05) is 31.2 Å². The summed E-state index contributed by atoms with van der Waals surface area (Å²) in [6, 6.07) is 4.35. The highest BCUT2D eigenvalue weighted by Gasteiger charge is 2.34. The number of nitrogens with zero attached hydrogens (tertiary/aromatic N) is 2. The average Bonchev–Trinajstić information content (AvgIpc) is 2.51. The molecule has 0 atom stereocenters. The Bertz CT molecular complexity index is 617. The van der Waals surface area contributed by atoms with Gasteiger partial charge in [-0.25, -0.2) is 4.99 Å². The van der Waals surface area contributed by atoms with E-state index in [0.717, 1.165) is 0 Å². The summed E-state index contributed by atoms with van der Waals surface area (Å²) in [6.07, 6.45) is -4.45. The third-order valence-corrected chi connectivity index (χ3v) is 3.70. The first-order valence-corrected chi connectivity index (χ1v) is 8.17. The van der Waals surface area contributed by atoms with Gasteiger partial charge in [-0.2, -0.15) is 13.2 Å². The van der Waals surface area contributed by atoms with Crippen LogP contribution in [0.15, 0.2) is 23.2 Å². The molecule has 0 saturated carbocycles. The monoisotopic (exact) mass is 358 g/mol. The van der Waals surface area contributed by atoms with Gasteiger partial charge in [-0.1, -0.05) is 6.07 Å². The lowest BCUT2D eigenvalue weighted by atomic mass is 10.1. The molecule has 1 aliphatic heterocycles. The van der Waals surface area contributed by atoms with Crippen LogP contribution in [-0.4, -0.2) is 37.8 Å². The number of halogens is 3. The minimum absolute atomic E-state index is 0.100. The highest BCUT2D eigenvalue weighted by Crippen LogP contribution is 2.35. The molecule has 1 aliphatic rings. The van der Waals surface area contributed by atoms with E-state index in [4.69, 9.17) is 10.5 Å². The van der Waals surface area contributed by atoms with Crippen LogP contribution in [0.5, 0.6) is 0 Å². The summed E-state index contributed by atoms with van der Waals surface area (Å²) in [4.78, 5) is 5.94. The molecule has 2 rings (SSSR count). The highest BCUT2D eigenvalue weighted by molar-refractivity contribution is 5.78. The molecule has 0 radical (unpaired) electrons. The van der Waals surface area contributed by atoms with Crippen LogP contribution in [0.3, 0.4) is 0 Å². The molecule has 0 spiro atoms. The summed E-state index contributed by atoms with van der Waals surface area (Å²) >= 11 is 0. The second kappa shape index (κ2) is 7.51. The summed E-state index contributed by atoms with van der Waals surface area (Å²) in [5.74, 6) is 0.123. The number of rotatable bonds is 3. The van der Waals surface area contributed by atoms with Crippen molar-refractivity contribution in [1.82, 2.24) is 5.32 Å². The number of guanidine groups is 1. The van der Waals surface area contributed by atoms with Gasteiger partial charge in [-0.3, -0.25) is 0 Å².